The molecule has 1 heterocycles. The maximum Gasteiger partial charge on any atom is 0.194 e. The van der Waals surface area contributed by atoms with E-state index in [9.17, 15) is 4.39 Å². The summed E-state index contributed by atoms with van der Waals surface area (Å²) in [5.41, 5.74) is 2.23. The molecule has 0 N–H and O–H groups in total. The van der Waals surface area contributed by atoms with Gasteiger partial charge in [-0.15, -0.1) is 0 Å². The van der Waals surface area contributed by atoms with Crippen LogP contribution >= 0.6 is 0 Å². The molecule has 0 aliphatic heterocycles. The van der Waals surface area contributed by atoms with Gasteiger partial charge in [-0.25, -0.2) is 0 Å². The summed E-state index contributed by atoms with van der Waals surface area (Å²) in [7, 11) is 1.78. The summed E-state index contributed by atoms with van der Waals surface area (Å²) in [6.07, 6.45) is 0. The zero-order valence-electron chi connectivity index (χ0n) is 11.4. The van der Waals surface area contributed by atoms with Crippen molar-refractivity contribution in [2.75, 3.05) is 0 Å². The van der Waals surface area contributed by atoms with Gasteiger partial charge in [-0.3, -0.25) is 0 Å². The lowest BCUT2D eigenvalue weighted by Crippen LogP contribution is -1.91. The van der Waals surface area contributed by atoms with E-state index < -0.39 is 0 Å². The van der Waals surface area contributed by atoms with Crippen molar-refractivity contribution in [3.8, 4) is 0 Å². The third kappa shape index (κ3) is 1.36. The number of benzene rings is 3. The first-order valence-corrected chi connectivity index (χ1v) is 6.73. The van der Waals surface area contributed by atoms with Crippen LogP contribution in [0.5, 0.6) is 0 Å². The van der Waals surface area contributed by atoms with Crippen molar-refractivity contribution in [1.29, 1.82) is 0 Å². The Kier molecular flexibility index (Phi) is 2.19. The van der Waals surface area contributed by atoms with Crippen molar-refractivity contribution < 1.29 is 4.39 Å². The maximum atomic E-state index is 13.8. The molecule has 20 heavy (non-hydrogen) atoms. The standard InChI is InChI=1S/C18H14FN/c1-11-4-3-5-14-13(11)8-9-16-15(14)7-6-12-10-17(19)20(2)18(12)16/h3-10H,1-2H3. The van der Waals surface area contributed by atoms with Crippen LogP contribution in [0.3, 0.4) is 0 Å². The smallest absolute Gasteiger partial charge is 0.194 e. The molecule has 0 saturated carbocycles. The Morgan fingerprint density at radius 3 is 2.40 bits per heavy atom. The Hall–Kier alpha value is -2.35. The molecule has 0 radical (unpaired) electrons. The molecule has 0 atom stereocenters. The number of aryl methyl sites for hydroxylation is 2. The summed E-state index contributed by atoms with van der Waals surface area (Å²) in [5.74, 6) is -0.197. The molecule has 4 aromatic rings. The highest BCUT2D eigenvalue weighted by atomic mass is 19.1. The van der Waals surface area contributed by atoms with Crippen LogP contribution in [-0.2, 0) is 7.05 Å². The second-order valence-electron chi connectivity index (χ2n) is 5.36. The molecule has 0 amide bonds. The van der Waals surface area contributed by atoms with Crippen LogP contribution < -0.4 is 0 Å². The first-order chi connectivity index (χ1) is 9.66. The lowest BCUT2D eigenvalue weighted by atomic mass is 9.98. The number of hydrogen-bond donors (Lipinski definition) is 0. The first kappa shape index (κ1) is 11.5. The third-order valence-electron chi connectivity index (χ3n) is 4.21. The Morgan fingerprint density at radius 1 is 0.850 bits per heavy atom. The minimum absolute atomic E-state index is 0.197. The Labute approximate surface area is 116 Å². The van der Waals surface area contributed by atoms with Gasteiger partial charge in [0, 0.05) is 23.9 Å². The number of nitrogens with zero attached hydrogens (tertiary/aromatic N) is 1. The highest BCUT2D eigenvalue weighted by Gasteiger charge is 2.10. The summed E-state index contributed by atoms with van der Waals surface area (Å²) in [6, 6.07) is 16.3. The van der Waals surface area contributed by atoms with Crippen LogP contribution in [0.1, 0.15) is 5.56 Å². The van der Waals surface area contributed by atoms with Crippen molar-refractivity contribution >= 4 is 32.4 Å². The molecule has 0 unspecified atom stereocenters. The SMILES string of the molecule is Cc1cccc2c1ccc1c2ccc2cc(F)n(C)c21. The van der Waals surface area contributed by atoms with Gasteiger partial charge in [0.15, 0.2) is 5.95 Å². The molecule has 98 valence electrons. The average molecular weight is 263 g/mol. The van der Waals surface area contributed by atoms with Gasteiger partial charge < -0.3 is 4.57 Å². The molecule has 0 bridgehead atoms. The summed E-state index contributed by atoms with van der Waals surface area (Å²) in [4.78, 5) is 0. The fraction of sp³-hybridized carbons (Fsp3) is 0.111. The van der Waals surface area contributed by atoms with Crippen LogP contribution in [0.25, 0.3) is 32.4 Å². The number of aromatic nitrogens is 1. The molecule has 0 aliphatic rings. The van der Waals surface area contributed by atoms with E-state index in [4.69, 9.17) is 0 Å². The predicted molar refractivity (Wildman–Crippen MR) is 82.6 cm³/mol. The molecular formula is C18H14FN. The molecular weight excluding hydrogens is 249 g/mol. The van der Waals surface area contributed by atoms with E-state index in [1.54, 1.807) is 17.7 Å². The van der Waals surface area contributed by atoms with E-state index in [1.165, 1.54) is 21.7 Å². The van der Waals surface area contributed by atoms with Gasteiger partial charge in [0.2, 0.25) is 0 Å². The van der Waals surface area contributed by atoms with Crippen molar-refractivity contribution in [2.45, 2.75) is 6.92 Å². The van der Waals surface area contributed by atoms with Crippen molar-refractivity contribution in [3.05, 3.63) is 60.0 Å². The molecule has 3 aromatic carbocycles. The van der Waals surface area contributed by atoms with Crippen LogP contribution in [0.2, 0.25) is 0 Å². The van der Waals surface area contributed by atoms with E-state index in [1.807, 2.05) is 6.07 Å². The summed E-state index contributed by atoms with van der Waals surface area (Å²) >= 11 is 0. The molecule has 4 rings (SSSR count). The molecule has 0 aliphatic carbocycles. The molecule has 1 nitrogen and oxygen atoms in total. The third-order valence-corrected chi connectivity index (χ3v) is 4.21. The number of halogens is 1. The fourth-order valence-electron chi connectivity index (χ4n) is 3.15. The minimum Gasteiger partial charge on any atom is -0.320 e. The zero-order valence-corrected chi connectivity index (χ0v) is 11.4. The van der Waals surface area contributed by atoms with Gasteiger partial charge in [0.25, 0.3) is 0 Å². The van der Waals surface area contributed by atoms with Gasteiger partial charge in [-0.05, 0) is 28.6 Å². The van der Waals surface area contributed by atoms with Crippen LogP contribution in [0.4, 0.5) is 4.39 Å². The Morgan fingerprint density at radius 2 is 1.55 bits per heavy atom. The van der Waals surface area contributed by atoms with Crippen molar-refractivity contribution in [3.63, 3.8) is 0 Å². The van der Waals surface area contributed by atoms with E-state index in [0.29, 0.717) is 0 Å². The van der Waals surface area contributed by atoms with Crippen molar-refractivity contribution in [1.82, 2.24) is 4.57 Å². The Balaban J connectivity index is 2.30. The van der Waals surface area contributed by atoms with Gasteiger partial charge in [0.1, 0.15) is 0 Å². The van der Waals surface area contributed by atoms with Gasteiger partial charge in [0.05, 0.1) is 5.52 Å². The number of rotatable bonds is 0. The summed E-state index contributed by atoms with van der Waals surface area (Å²) in [5, 5.41) is 5.72. The monoisotopic (exact) mass is 263 g/mol. The van der Waals surface area contributed by atoms with Crippen LogP contribution in [0, 0.1) is 12.9 Å². The second kappa shape index (κ2) is 3.83. The van der Waals surface area contributed by atoms with E-state index in [-0.39, 0.29) is 5.95 Å². The highest BCUT2D eigenvalue weighted by molar-refractivity contribution is 6.16. The van der Waals surface area contributed by atoms with Crippen molar-refractivity contribution in [2.24, 2.45) is 7.05 Å². The van der Waals surface area contributed by atoms with Gasteiger partial charge >= 0.3 is 0 Å². The molecule has 2 heteroatoms. The van der Waals surface area contributed by atoms with Gasteiger partial charge in [-0.2, -0.15) is 4.39 Å². The minimum atomic E-state index is -0.197. The highest BCUT2D eigenvalue weighted by Crippen LogP contribution is 2.33. The topological polar surface area (TPSA) is 4.93 Å². The van der Waals surface area contributed by atoms with Crippen LogP contribution in [-0.4, -0.2) is 4.57 Å². The predicted octanol–water partition coefficient (Wildman–Crippen LogP) is 4.93. The molecule has 0 spiro atoms. The van der Waals surface area contributed by atoms with Crippen LogP contribution in [0.15, 0.2) is 48.5 Å². The number of fused-ring (bicyclic) bond motifs is 5. The fourth-order valence-corrected chi connectivity index (χ4v) is 3.15. The quantitative estimate of drug-likeness (QED) is 0.396. The Bertz CT molecular complexity index is 979. The maximum absolute atomic E-state index is 13.8. The average Bonchev–Trinajstić information content (AvgIpc) is 2.74. The number of hydrogen-bond acceptors (Lipinski definition) is 0. The summed E-state index contributed by atoms with van der Waals surface area (Å²) < 4.78 is 15.4. The lowest BCUT2D eigenvalue weighted by molar-refractivity contribution is 0.543. The largest absolute Gasteiger partial charge is 0.320 e. The normalized spacial score (nSPS) is 11.8. The second-order valence-corrected chi connectivity index (χ2v) is 5.36. The van der Waals surface area contributed by atoms with Gasteiger partial charge in [-0.1, -0.05) is 42.5 Å². The molecule has 0 saturated heterocycles. The zero-order chi connectivity index (χ0) is 13.9. The van der Waals surface area contributed by atoms with E-state index in [0.717, 1.165) is 16.3 Å². The van der Waals surface area contributed by atoms with E-state index >= 15 is 0 Å². The van der Waals surface area contributed by atoms with E-state index in [2.05, 4.69) is 43.3 Å². The molecule has 1 aromatic heterocycles. The molecule has 0 fully saturated rings. The first-order valence-electron chi connectivity index (χ1n) is 6.73. The lowest BCUT2D eigenvalue weighted by Gasteiger charge is -2.08. The summed E-state index contributed by atoms with van der Waals surface area (Å²) in [6.45, 7) is 2.12.